The zero-order chi connectivity index (χ0) is 10.3. The van der Waals surface area contributed by atoms with Crippen LogP contribution in [-0.4, -0.2) is 17.0 Å². The normalized spacial score (nSPS) is 42.4. The van der Waals surface area contributed by atoms with Crippen molar-refractivity contribution < 1.29 is 9.90 Å². The summed E-state index contributed by atoms with van der Waals surface area (Å²) in [5.41, 5.74) is 0.860. The third-order valence-electron chi connectivity index (χ3n) is 3.73. The SMILES string of the molecule is C=C1CCC(O)C2(C)C=CC(=O)CC12. The Morgan fingerprint density at radius 3 is 3.07 bits per heavy atom. The van der Waals surface area contributed by atoms with Gasteiger partial charge in [-0.3, -0.25) is 4.79 Å². The first-order chi connectivity index (χ1) is 6.54. The molecule has 1 fully saturated rings. The summed E-state index contributed by atoms with van der Waals surface area (Å²) in [6, 6.07) is 0. The molecule has 0 bridgehead atoms. The van der Waals surface area contributed by atoms with Gasteiger partial charge in [-0.1, -0.05) is 25.2 Å². The minimum atomic E-state index is -0.331. The van der Waals surface area contributed by atoms with E-state index in [0.29, 0.717) is 6.42 Å². The molecular formula is C12H16O2. The molecule has 2 heteroatoms. The van der Waals surface area contributed by atoms with Crippen LogP contribution in [0.5, 0.6) is 0 Å². The van der Waals surface area contributed by atoms with Crippen molar-refractivity contribution in [2.75, 3.05) is 0 Å². The van der Waals surface area contributed by atoms with Crippen LogP contribution in [0.15, 0.2) is 24.3 Å². The van der Waals surface area contributed by atoms with Crippen molar-refractivity contribution in [3.63, 3.8) is 0 Å². The van der Waals surface area contributed by atoms with E-state index in [-0.39, 0.29) is 23.2 Å². The van der Waals surface area contributed by atoms with Gasteiger partial charge in [-0.25, -0.2) is 0 Å². The standard InChI is InChI=1S/C12H16O2/c1-8-3-4-11(14)12(2)6-5-9(13)7-10(8)12/h5-6,10-11,14H,1,3-4,7H2,2H3. The van der Waals surface area contributed by atoms with Gasteiger partial charge in [0, 0.05) is 11.8 Å². The van der Waals surface area contributed by atoms with Gasteiger partial charge in [-0.15, -0.1) is 0 Å². The average molecular weight is 192 g/mol. The quantitative estimate of drug-likeness (QED) is 0.595. The second-order valence-corrected chi connectivity index (χ2v) is 4.64. The average Bonchev–Trinajstić information content (AvgIpc) is 2.16. The molecule has 0 aromatic rings. The van der Waals surface area contributed by atoms with E-state index in [9.17, 15) is 9.90 Å². The topological polar surface area (TPSA) is 37.3 Å². The lowest BCUT2D eigenvalue weighted by atomic mass is 9.60. The third-order valence-corrected chi connectivity index (χ3v) is 3.73. The number of carbonyl (C=O) groups excluding carboxylic acids is 1. The highest BCUT2D eigenvalue weighted by molar-refractivity contribution is 5.91. The van der Waals surface area contributed by atoms with Crippen LogP contribution in [0, 0.1) is 11.3 Å². The summed E-state index contributed by atoms with van der Waals surface area (Å²) in [5.74, 6) is 0.298. The summed E-state index contributed by atoms with van der Waals surface area (Å²) in [6.45, 7) is 6.04. The predicted octanol–water partition coefficient (Wildman–Crippen LogP) is 1.85. The van der Waals surface area contributed by atoms with E-state index in [0.717, 1.165) is 18.4 Å². The lowest BCUT2D eigenvalue weighted by Gasteiger charge is -2.46. The molecule has 0 aromatic carbocycles. The van der Waals surface area contributed by atoms with Crippen molar-refractivity contribution in [1.29, 1.82) is 0 Å². The summed E-state index contributed by atoms with van der Waals surface area (Å²) < 4.78 is 0. The molecule has 0 saturated heterocycles. The van der Waals surface area contributed by atoms with Gasteiger partial charge < -0.3 is 5.11 Å². The van der Waals surface area contributed by atoms with Crippen LogP contribution in [0.2, 0.25) is 0 Å². The molecule has 2 nitrogen and oxygen atoms in total. The van der Waals surface area contributed by atoms with E-state index < -0.39 is 0 Å². The molecule has 0 radical (unpaired) electrons. The Morgan fingerprint density at radius 2 is 2.36 bits per heavy atom. The number of allylic oxidation sites excluding steroid dienone is 2. The van der Waals surface area contributed by atoms with E-state index in [1.807, 2.05) is 13.0 Å². The smallest absolute Gasteiger partial charge is 0.156 e. The maximum Gasteiger partial charge on any atom is 0.156 e. The van der Waals surface area contributed by atoms with Gasteiger partial charge in [-0.05, 0) is 24.8 Å². The lowest BCUT2D eigenvalue weighted by Crippen LogP contribution is -2.44. The Hall–Kier alpha value is -0.890. The highest BCUT2D eigenvalue weighted by Gasteiger charge is 2.45. The molecule has 0 heterocycles. The van der Waals surface area contributed by atoms with E-state index in [4.69, 9.17) is 0 Å². The molecule has 2 aliphatic carbocycles. The highest BCUT2D eigenvalue weighted by Crippen LogP contribution is 2.48. The van der Waals surface area contributed by atoms with Crippen LogP contribution >= 0.6 is 0 Å². The van der Waals surface area contributed by atoms with Crippen molar-refractivity contribution in [3.05, 3.63) is 24.3 Å². The number of hydrogen-bond acceptors (Lipinski definition) is 2. The molecule has 0 aliphatic heterocycles. The molecular weight excluding hydrogens is 176 g/mol. The lowest BCUT2D eigenvalue weighted by molar-refractivity contribution is -0.118. The van der Waals surface area contributed by atoms with Crippen molar-refractivity contribution >= 4 is 5.78 Å². The zero-order valence-corrected chi connectivity index (χ0v) is 8.49. The Balaban J connectivity index is 2.39. The number of carbonyl (C=O) groups is 1. The molecule has 3 atom stereocenters. The Bertz CT molecular complexity index is 316. The van der Waals surface area contributed by atoms with Crippen molar-refractivity contribution in [3.8, 4) is 0 Å². The maximum atomic E-state index is 11.3. The fraction of sp³-hybridized carbons (Fsp3) is 0.583. The maximum absolute atomic E-state index is 11.3. The molecule has 2 rings (SSSR count). The third kappa shape index (κ3) is 1.25. The minimum Gasteiger partial charge on any atom is -0.392 e. The van der Waals surface area contributed by atoms with Crippen molar-refractivity contribution in [2.24, 2.45) is 11.3 Å². The van der Waals surface area contributed by atoms with Crippen LogP contribution in [0.3, 0.4) is 0 Å². The molecule has 2 aliphatic rings. The van der Waals surface area contributed by atoms with Crippen LogP contribution in [0.4, 0.5) is 0 Å². The monoisotopic (exact) mass is 192 g/mol. The van der Waals surface area contributed by atoms with E-state index in [1.54, 1.807) is 6.08 Å². The number of rotatable bonds is 0. The molecule has 1 saturated carbocycles. The van der Waals surface area contributed by atoms with Crippen molar-refractivity contribution in [2.45, 2.75) is 32.3 Å². The second kappa shape index (κ2) is 3.06. The fourth-order valence-electron chi connectivity index (χ4n) is 2.61. The van der Waals surface area contributed by atoms with Gasteiger partial charge >= 0.3 is 0 Å². The minimum absolute atomic E-state index is 0.142. The summed E-state index contributed by atoms with van der Waals surface area (Å²) >= 11 is 0. The first-order valence-electron chi connectivity index (χ1n) is 5.12. The number of ketones is 1. The first kappa shape index (κ1) is 9.66. The van der Waals surface area contributed by atoms with E-state index in [1.165, 1.54) is 0 Å². The summed E-state index contributed by atoms with van der Waals surface area (Å²) in [7, 11) is 0. The zero-order valence-electron chi connectivity index (χ0n) is 8.49. The van der Waals surface area contributed by atoms with Crippen LogP contribution in [0.25, 0.3) is 0 Å². The first-order valence-corrected chi connectivity index (χ1v) is 5.12. The van der Waals surface area contributed by atoms with Gasteiger partial charge in [0.25, 0.3) is 0 Å². The Kier molecular flexibility index (Phi) is 2.11. The number of fused-ring (bicyclic) bond motifs is 1. The molecule has 76 valence electrons. The second-order valence-electron chi connectivity index (χ2n) is 4.64. The molecule has 0 aromatic heterocycles. The summed E-state index contributed by atoms with van der Waals surface area (Å²) in [6.07, 6.45) is 5.29. The van der Waals surface area contributed by atoms with Crippen LogP contribution < -0.4 is 0 Å². The van der Waals surface area contributed by atoms with Gasteiger partial charge in [0.2, 0.25) is 0 Å². The Labute approximate surface area is 84.3 Å². The van der Waals surface area contributed by atoms with Crippen molar-refractivity contribution in [1.82, 2.24) is 0 Å². The summed E-state index contributed by atoms with van der Waals surface area (Å²) in [5, 5.41) is 9.96. The molecule has 3 unspecified atom stereocenters. The van der Waals surface area contributed by atoms with Gasteiger partial charge in [0.1, 0.15) is 0 Å². The largest absolute Gasteiger partial charge is 0.392 e. The summed E-state index contributed by atoms with van der Waals surface area (Å²) in [4.78, 5) is 11.3. The van der Waals surface area contributed by atoms with Crippen LogP contribution in [-0.2, 0) is 4.79 Å². The molecule has 14 heavy (non-hydrogen) atoms. The Morgan fingerprint density at radius 1 is 1.64 bits per heavy atom. The predicted molar refractivity (Wildman–Crippen MR) is 54.7 cm³/mol. The molecule has 1 N–H and O–H groups in total. The number of aliphatic hydroxyl groups is 1. The number of hydrogen-bond donors (Lipinski definition) is 1. The van der Waals surface area contributed by atoms with Gasteiger partial charge in [0.15, 0.2) is 5.78 Å². The van der Waals surface area contributed by atoms with E-state index >= 15 is 0 Å². The number of aliphatic hydroxyl groups excluding tert-OH is 1. The van der Waals surface area contributed by atoms with E-state index in [2.05, 4.69) is 6.58 Å². The highest BCUT2D eigenvalue weighted by atomic mass is 16.3. The van der Waals surface area contributed by atoms with Crippen LogP contribution in [0.1, 0.15) is 26.2 Å². The fourth-order valence-corrected chi connectivity index (χ4v) is 2.61. The van der Waals surface area contributed by atoms with Gasteiger partial charge in [0.05, 0.1) is 6.10 Å². The molecule has 0 spiro atoms. The van der Waals surface area contributed by atoms with Gasteiger partial charge in [-0.2, -0.15) is 0 Å². The molecule has 0 amide bonds.